The Kier molecular flexibility index (Phi) is 4.61. The molecule has 2 aromatic heterocycles. The van der Waals surface area contributed by atoms with Gasteiger partial charge in [0, 0.05) is 36.6 Å². The lowest BCUT2D eigenvalue weighted by Crippen LogP contribution is -2.45. The van der Waals surface area contributed by atoms with Crippen LogP contribution < -0.4 is 4.90 Å². The van der Waals surface area contributed by atoms with E-state index in [0.717, 1.165) is 42.9 Å². The number of hydrogen-bond donors (Lipinski definition) is 0. The van der Waals surface area contributed by atoms with Gasteiger partial charge in [-0.15, -0.1) is 5.10 Å². The summed E-state index contributed by atoms with van der Waals surface area (Å²) in [7, 11) is -1.85. The summed E-state index contributed by atoms with van der Waals surface area (Å²) in [6.07, 6.45) is 0. The summed E-state index contributed by atoms with van der Waals surface area (Å²) in [5.41, 5.74) is 0.971. The summed E-state index contributed by atoms with van der Waals surface area (Å²) in [4.78, 5) is 9.27. The van der Waals surface area contributed by atoms with Crippen LogP contribution in [0.3, 0.4) is 0 Å². The zero-order valence-corrected chi connectivity index (χ0v) is 17.8. The first-order valence-electron chi connectivity index (χ1n) is 9.53. The van der Waals surface area contributed by atoms with Crippen molar-refractivity contribution < 1.29 is 8.42 Å². The molecule has 0 saturated carbocycles. The van der Waals surface area contributed by atoms with Gasteiger partial charge in [-0.25, -0.2) is 13.4 Å². The number of nitrogens with zero attached hydrogens (tertiary/aromatic N) is 6. The molecule has 30 heavy (non-hydrogen) atoms. The van der Waals surface area contributed by atoms with Crippen LogP contribution in [0.15, 0.2) is 58.5 Å². The first-order chi connectivity index (χ1) is 14.4. The Bertz CT molecular complexity index is 1360. The molecule has 3 heterocycles. The van der Waals surface area contributed by atoms with Crippen molar-refractivity contribution in [2.24, 2.45) is 0 Å². The molecule has 1 saturated heterocycles. The van der Waals surface area contributed by atoms with Crippen molar-refractivity contribution in [1.82, 2.24) is 24.7 Å². The van der Waals surface area contributed by atoms with Crippen LogP contribution in [0.2, 0.25) is 5.02 Å². The molecule has 5 rings (SSSR count). The predicted molar refractivity (Wildman–Crippen MR) is 115 cm³/mol. The SMILES string of the molecule is CN1CCN(c2nc3c(S(=O)(=O)c4cccc(Cl)c4)nnn3c3ccccc23)CC1. The highest BCUT2D eigenvalue weighted by Crippen LogP contribution is 2.30. The first-order valence-corrected chi connectivity index (χ1v) is 11.4. The van der Waals surface area contributed by atoms with E-state index < -0.39 is 9.84 Å². The van der Waals surface area contributed by atoms with Crippen LogP contribution in [-0.2, 0) is 9.84 Å². The van der Waals surface area contributed by atoms with E-state index in [1.165, 1.54) is 16.6 Å². The molecule has 2 aromatic carbocycles. The van der Waals surface area contributed by atoms with E-state index >= 15 is 0 Å². The first kappa shape index (κ1) is 19.2. The maximum absolute atomic E-state index is 13.3. The lowest BCUT2D eigenvalue weighted by Gasteiger charge is -2.33. The normalized spacial score (nSPS) is 15.9. The lowest BCUT2D eigenvalue weighted by atomic mass is 10.2. The van der Waals surface area contributed by atoms with E-state index in [9.17, 15) is 8.42 Å². The predicted octanol–water partition coefficient (Wildman–Crippen LogP) is 2.52. The molecule has 154 valence electrons. The average Bonchev–Trinajstić information content (AvgIpc) is 3.19. The van der Waals surface area contributed by atoms with Crippen molar-refractivity contribution in [3.05, 3.63) is 53.6 Å². The zero-order valence-electron chi connectivity index (χ0n) is 16.2. The summed E-state index contributed by atoms with van der Waals surface area (Å²) in [5, 5.41) is 9.21. The van der Waals surface area contributed by atoms with Gasteiger partial charge in [0.05, 0.1) is 10.4 Å². The number of fused-ring (bicyclic) bond motifs is 3. The van der Waals surface area contributed by atoms with Gasteiger partial charge in [-0.2, -0.15) is 4.52 Å². The van der Waals surface area contributed by atoms with Crippen molar-refractivity contribution in [2.45, 2.75) is 9.92 Å². The highest BCUT2D eigenvalue weighted by Gasteiger charge is 2.28. The van der Waals surface area contributed by atoms with E-state index in [1.54, 1.807) is 12.1 Å². The maximum atomic E-state index is 13.3. The molecule has 0 unspecified atom stereocenters. The van der Waals surface area contributed by atoms with Gasteiger partial charge in [0.1, 0.15) is 5.82 Å². The van der Waals surface area contributed by atoms with E-state index in [-0.39, 0.29) is 15.6 Å². The van der Waals surface area contributed by atoms with Gasteiger partial charge in [-0.05, 0) is 37.4 Å². The van der Waals surface area contributed by atoms with E-state index in [0.29, 0.717) is 5.02 Å². The van der Waals surface area contributed by atoms with E-state index in [4.69, 9.17) is 16.6 Å². The lowest BCUT2D eigenvalue weighted by molar-refractivity contribution is 0.312. The third-order valence-corrected chi connectivity index (χ3v) is 7.25. The Morgan fingerprint density at radius 3 is 2.53 bits per heavy atom. The Balaban J connectivity index is 1.74. The molecule has 0 atom stereocenters. The molecule has 1 aliphatic heterocycles. The number of hydrogen-bond acceptors (Lipinski definition) is 7. The van der Waals surface area contributed by atoms with Gasteiger partial charge in [0.25, 0.3) is 0 Å². The molecule has 0 radical (unpaired) electrons. The van der Waals surface area contributed by atoms with Crippen molar-refractivity contribution in [2.75, 3.05) is 38.1 Å². The van der Waals surface area contributed by atoms with Crippen molar-refractivity contribution in [3.63, 3.8) is 0 Å². The molecule has 0 amide bonds. The number of benzene rings is 2. The Morgan fingerprint density at radius 2 is 1.77 bits per heavy atom. The van der Waals surface area contributed by atoms with Crippen molar-refractivity contribution >= 4 is 43.8 Å². The molecule has 1 fully saturated rings. The number of piperazine rings is 1. The number of rotatable bonds is 3. The molecule has 10 heteroatoms. The molecule has 8 nitrogen and oxygen atoms in total. The highest BCUT2D eigenvalue weighted by molar-refractivity contribution is 7.91. The number of likely N-dealkylation sites (N-methyl/N-ethyl adjacent to an activating group) is 1. The number of sulfone groups is 1. The fourth-order valence-electron chi connectivity index (χ4n) is 3.71. The molecule has 1 aliphatic rings. The van der Waals surface area contributed by atoms with Crippen LogP contribution in [0.25, 0.3) is 16.6 Å². The Morgan fingerprint density at radius 1 is 1.00 bits per heavy atom. The van der Waals surface area contributed by atoms with Gasteiger partial charge >= 0.3 is 0 Å². The zero-order chi connectivity index (χ0) is 20.9. The number of para-hydroxylation sites is 1. The third-order valence-electron chi connectivity index (χ3n) is 5.37. The third kappa shape index (κ3) is 3.10. The fraction of sp³-hybridized carbons (Fsp3) is 0.250. The second-order valence-corrected chi connectivity index (χ2v) is 9.64. The topological polar surface area (TPSA) is 83.7 Å². The van der Waals surface area contributed by atoms with Gasteiger partial charge in [-0.1, -0.05) is 35.0 Å². The van der Waals surface area contributed by atoms with Gasteiger partial charge in [0.2, 0.25) is 14.9 Å². The number of anilines is 1. The minimum absolute atomic E-state index is 0.0634. The summed E-state index contributed by atoms with van der Waals surface area (Å²) in [6.45, 7) is 3.43. The molecular formula is C20H19ClN6O2S. The van der Waals surface area contributed by atoms with Crippen molar-refractivity contribution in [3.8, 4) is 0 Å². The second kappa shape index (κ2) is 7.19. The largest absolute Gasteiger partial charge is 0.353 e. The molecule has 0 bridgehead atoms. The molecule has 0 spiro atoms. The van der Waals surface area contributed by atoms with Crippen LogP contribution in [0.4, 0.5) is 5.82 Å². The number of aromatic nitrogens is 4. The highest BCUT2D eigenvalue weighted by atomic mass is 35.5. The van der Waals surface area contributed by atoms with Crippen LogP contribution >= 0.6 is 11.6 Å². The minimum Gasteiger partial charge on any atom is -0.353 e. The van der Waals surface area contributed by atoms with Crippen LogP contribution in [-0.4, -0.2) is 66.4 Å². The van der Waals surface area contributed by atoms with Crippen molar-refractivity contribution in [1.29, 1.82) is 0 Å². The molecular weight excluding hydrogens is 424 g/mol. The Hall–Kier alpha value is -2.75. The van der Waals surface area contributed by atoms with Crippen LogP contribution in [0.1, 0.15) is 0 Å². The van der Waals surface area contributed by atoms with Crippen LogP contribution in [0, 0.1) is 0 Å². The van der Waals surface area contributed by atoms with Gasteiger partial charge < -0.3 is 9.80 Å². The fourth-order valence-corrected chi connectivity index (χ4v) is 5.24. The number of halogens is 1. The van der Waals surface area contributed by atoms with Gasteiger partial charge in [-0.3, -0.25) is 0 Å². The monoisotopic (exact) mass is 442 g/mol. The second-order valence-electron chi connectivity index (χ2n) is 7.33. The molecule has 4 aromatic rings. The van der Waals surface area contributed by atoms with E-state index in [2.05, 4.69) is 27.2 Å². The maximum Gasteiger partial charge on any atom is 0.229 e. The molecule has 0 N–H and O–H groups in total. The minimum atomic E-state index is -3.94. The standard InChI is InChI=1S/C20H19ClN6O2S/c1-25-9-11-26(12-10-25)18-16-7-2-3-8-17(16)27-19(22-18)20(23-24-27)30(28,29)15-6-4-5-14(21)13-15/h2-8,13H,9-12H2,1H3. The summed E-state index contributed by atoms with van der Waals surface area (Å²) >= 11 is 6.02. The van der Waals surface area contributed by atoms with Crippen LogP contribution in [0.5, 0.6) is 0 Å². The molecule has 0 aliphatic carbocycles. The van der Waals surface area contributed by atoms with E-state index in [1.807, 2.05) is 24.3 Å². The summed E-state index contributed by atoms with van der Waals surface area (Å²) in [6, 6.07) is 13.8. The average molecular weight is 443 g/mol. The quantitative estimate of drug-likeness (QED) is 0.482. The summed E-state index contributed by atoms with van der Waals surface area (Å²) in [5.74, 6) is 0.746. The smallest absolute Gasteiger partial charge is 0.229 e. The van der Waals surface area contributed by atoms with Gasteiger partial charge in [0.15, 0.2) is 5.65 Å². The Labute approximate surface area is 178 Å². The summed E-state index contributed by atoms with van der Waals surface area (Å²) < 4.78 is 28.1.